The van der Waals surface area contributed by atoms with Crippen LogP contribution in [0.3, 0.4) is 0 Å². The Balaban J connectivity index is 2.10. The lowest BCUT2D eigenvalue weighted by Gasteiger charge is -2.31. The van der Waals surface area contributed by atoms with Crippen LogP contribution in [0.5, 0.6) is 0 Å². The summed E-state index contributed by atoms with van der Waals surface area (Å²) < 4.78 is 10.8. The van der Waals surface area contributed by atoms with Crippen LogP contribution >= 0.6 is 0 Å². The third kappa shape index (κ3) is 3.16. The lowest BCUT2D eigenvalue weighted by Crippen LogP contribution is -2.51. The number of hydrogen-bond acceptors (Lipinski definition) is 4. The van der Waals surface area contributed by atoms with Gasteiger partial charge in [-0.15, -0.1) is 0 Å². The molecular formula is C15H19NO5. The molecule has 6 heteroatoms. The van der Waals surface area contributed by atoms with Gasteiger partial charge in [0.15, 0.2) is 6.04 Å². The third-order valence-electron chi connectivity index (χ3n) is 3.43. The first-order valence-corrected chi connectivity index (χ1v) is 6.73. The van der Waals surface area contributed by atoms with Crippen molar-refractivity contribution in [2.24, 2.45) is 0 Å². The highest BCUT2D eigenvalue weighted by Gasteiger charge is 2.52. The molecule has 1 aliphatic heterocycles. The van der Waals surface area contributed by atoms with E-state index < -0.39 is 29.9 Å². The molecule has 1 fully saturated rings. The Bertz CT molecular complexity index is 528. The van der Waals surface area contributed by atoms with Crippen molar-refractivity contribution in [3.8, 4) is 0 Å². The molecule has 1 aromatic carbocycles. The van der Waals surface area contributed by atoms with Crippen molar-refractivity contribution in [1.82, 2.24) is 4.90 Å². The number of carboxylic acids is 1. The number of rotatable bonds is 3. The van der Waals surface area contributed by atoms with Crippen LogP contribution in [0.2, 0.25) is 0 Å². The number of ether oxygens (including phenoxy) is 2. The standard InChI is InChI=1S/C15H19NO5/c1-10-12(13(17)18)16(15(2,3)21-10)14(19)20-9-11-7-5-4-6-8-11/h4-8,10,12H,9H2,1-3H3,(H,17,18)/t10-,12+/m0/s1. The number of nitrogens with zero attached hydrogens (tertiary/aromatic N) is 1. The maximum Gasteiger partial charge on any atom is 0.413 e. The molecule has 1 heterocycles. The molecule has 0 aliphatic carbocycles. The predicted octanol–water partition coefficient (Wildman–Crippen LogP) is 2.23. The van der Waals surface area contributed by atoms with Gasteiger partial charge in [0, 0.05) is 0 Å². The normalized spacial score (nSPS) is 23.9. The molecule has 21 heavy (non-hydrogen) atoms. The van der Waals surface area contributed by atoms with Crippen LogP contribution in [0.4, 0.5) is 4.79 Å². The zero-order valence-corrected chi connectivity index (χ0v) is 12.3. The largest absolute Gasteiger partial charge is 0.480 e. The van der Waals surface area contributed by atoms with Gasteiger partial charge in [-0.2, -0.15) is 0 Å². The van der Waals surface area contributed by atoms with E-state index in [1.165, 1.54) is 0 Å². The van der Waals surface area contributed by atoms with E-state index in [2.05, 4.69) is 0 Å². The van der Waals surface area contributed by atoms with E-state index in [0.29, 0.717) is 0 Å². The van der Waals surface area contributed by atoms with Crippen molar-refractivity contribution in [3.05, 3.63) is 35.9 Å². The molecule has 0 aromatic heterocycles. The number of carboxylic acid groups (broad SMARTS) is 1. The summed E-state index contributed by atoms with van der Waals surface area (Å²) in [5.74, 6) is -1.11. The van der Waals surface area contributed by atoms with Gasteiger partial charge >= 0.3 is 12.1 Å². The quantitative estimate of drug-likeness (QED) is 0.925. The second-order valence-electron chi connectivity index (χ2n) is 5.46. The molecule has 1 aromatic rings. The Morgan fingerprint density at radius 3 is 2.52 bits per heavy atom. The molecule has 0 unspecified atom stereocenters. The van der Waals surface area contributed by atoms with Gasteiger partial charge in [-0.3, -0.25) is 4.90 Å². The average Bonchev–Trinajstić information content (AvgIpc) is 2.66. The van der Waals surface area contributed by atoms with E-state index in [-0.39, 0.29) is 6.61 Å². The second-order valence-corrected chi connectivity index (χ2v) is 5.46. The van der Waals surface area contributed by atoms with Gasteiger partial charge in [-0.25, -0.2) is 9.59 Å². The molecule has 6 nitrogen and oxygen atoms in total. The van der Waals surface area contributed by atoms with Gasteiger partial charge < -0.3 is 14.6 Å². The van der Waals surface area contributed by atoms with E-state index in [9.17, 15) is 14.7 Å². The van der Waals surface area contributed by atoms with Crippen molar-refractivity contribution < 1.29 is 24.2 Å². The fraction of sp³-hybridized carbons (Fsp3) is 0.467. The maximum absolute atomic E-state index is 12.3. The van der Waals surface area contributed by atoms with Crippen molar-refractivity contribution >= 4 is 12.1 Å². The monoisotopic (exact) mass is 293 g/mol. The first-order chi connectivity index (χ1) is 9.83. The molecule has 0 spiro atoms. The molecule has 1 amide bonds. The minimum absolute atomic E-state index is 0.0903. The van der Waals surface area contributed by atoms with Crippen molar-refractivity contribution in [3.63, 3.8) is 0 Å². The molecule has 0 saturated carbocycles. The SMILES string of the molecule is C[C@@H]1OC(C)(C)N(C(=O)OCc2ccccc2)[C@H]1C(=O)O. The van der Waals surface area contributed by atoms with Crippen LogP contribution in [-0.2, 0) is 20.9 Å². The maximum atomic E-state index is 12.3. The molecular weight excluding hydrogens is 274 g/mol. The summed E-state index contributed by atoms with van der Waals surface area (Å²) >= 11 is 0. The smallest absolute Gasteiger partial charge is 0.413 e. The van der Waals surface area contributed by atoms with Crippen molar-refractivity contribution in [2.45, 2.75) is 45.2 Å². The Morgan fingerprint density at radius 1 is 1.33 bits per heavy atom. The minimum atomic E-state index is -1.11. The topological polar surface area (TPSA) is 76.1 Å². The predicted molar refractivity (Wildman–Crippen MR) is 74.5 cm³/mol. The zero-order chi connectivity index (χ0) is 15.6. The van der Waals surface area contributed by atoms with E-state index in [0.717, 1.165) is 10.5 Å². The van der Waals surface area contributed by atoms with Crippen LogP contribution in [-0.4, -0.2) is 39.9 Å². The number of carbonyl (C=O) groups excluding carboxylic acids is 1. The highest BCUT2D eigenvalue weighted by molar-refractivity contribution is 5.81. The number of amides is 1. The summed E-state index contributed by atoms with van der Waals surface area (Å²) in [6.45, 7) is 5.02. The number of carbonyl (C=O) groups is 2. The molecule has 2 atom stereocenters. The Hall–Kier alpha value is -2.08. The first kappa shape index (κ1) is 15.3. The van der Waals surface area contributed by atoms with E-state index in [1.54, 1.807) is 20.8 Å². The Kier molecular flexibility index (Phi) is 4.18. The summed E-state index contributed by atoms with van der Waals surface area (Å²) in [6.07, 6.45) is -1.29. The van der Waals surface area contributed by atoms with Gasteiger partial charge in [0.25, 0.3) is 0 Å². The minimum Gasteiger partial charge on any atom is -0.480 e. The average molecular weight is 293 g/mol. The van der Waals surface area contributed by atoms with Gasteiger partial charge in [-0.1, -0.05) is 30.3 Å². The highest BCUT2D eigenvalue weighted by atomic mass is 16.6. The molecule has 0 radical (unpaired) electrons. The first-order valence-electron chi connectivity index (χ1n) is 6.73. The summed E-state index contributed by atoms with van der Waals surface area (Å²) in [4.78, 5) is 24.8. The number of benzene rings is 1. The van der Waals surface area contributed by atoms with E-state index in [4.69, 9.17) is 9.47 Å². The fourth-order valence-electron chi connectivity index (χ4n) is 2.55. The second kappa shape index (κ2) is 5.73. The zero-order valence-electron chi connectivity index (χ0n) is 12.3. The van der Waals surface area contributed by atoms with Crippen LogP contribution in [0.25, 0.3) is 0 Å². The lowest BCUT2D eigenvalue weighted by molar-refractivity contribution is -0.143. The van der Waals surface area contributed by atoms with Gasteiger partial charge in [-0.05, 0) is 26.3 Å². The molecule has 114 valence electrons. The van der Waals surface area contributed by atoms with Gasteiger partial charge in [0.2, 0.25) is 0 Å². The van der Waals surface area contributed by atoms with Crippen molar-refractivity contribution in [1.29, 1.82) is 0 Å². The summed E-state index contributed by atoms with van der Waals surface area (Å²) in [5.41, 5.74) is -0.181. The van der Waals surface area contributed by atoms with Crippen LogP contribution in [0, 0.1) is 0 Å². The summed E-state index contributed by atoms with van der Waals surface area (Å²) in [6, 6.07) is 8.16. The molecule has 1 aliphatic rings. The van der Waals surface area contributed by atoms with Gasteiger partial charge in [0.05, 0.1) is 6.10 Å². The van der Waals surface area contributed by atoms with Gasteiger partial charge in [0.1, 0.15) is 12.3 Å². The van der Waals surface area contributed by atoms with Crippen molar-refractivity contribution in [2.75, 3.05) is 0 Å². The summed E-state index contributed by atoms with van der Waals surface area (Å²) in [7, 11) is 0. The lowest BCUT2D eigenvalue weighted by atomic mass is 10.1. The van der Waals surface area contributed by atoms with Crippen LogP contribution in [0.15, 0.2) is 30.3 Å². The summed E-state index contributed by atoms with van der Waals surface area (Å²) in [5, 5.41) is 9.29. The van der Waals surface area contributed by atoms with E-state index >= 15 is 0 Å². The number of aliphatic carboxylic acids is 1. The fourth-order valence-corrected chi connectivity index (χ4v) is 2.55. The van der Waals surface area contributed by atoms with Crippen LogP contribution < -0.4 is 0 Å². The highest BCUT2D eigenvalue weighted by Crippen LogP contribution is 2.32. The Morgan fingerprint density at radius 2 is 1.95 bits per heavy atom. The molecule has 1 saturated heterocycles. The molecule has 2 rings (SSSR count). The Labute approximate surface area is 123 Å². The van der Waals surface area contributed by atoms with Crippen LogP contribution in [0.1, 0.15) is 26.3 Å². The molecule has 1 N–H and O–H groups in total. The molecule has 0 bridgehead atoms. The third-order valence-corrected chi connectivity index (χ3v) is 3.43. The number of hydrogen-bond donors (Lipinski definition) is 1. The van der Waals surface area contributed by atoms with E-state index in [1.807, 2.05) is 30.3 Å².